The minimum absolute atomic E-state index is 0.612. The van der Waals surface area contributed by atoms with Crippen molar-refractivity contribution in [1.82, 2.24) is 34.4 Å². The third-order valence-electron chi connectivity index (χ3n) is 9.59. The van der Waals surface area contributed by atoms with E-state index in [0.717, 1.165) is 46.5 Å². The molecule has 0 saturated carbocycles. The van der Waals surface area contributed by atoms with Crippen LogP contribution in [0.4, 0.5) is 0 Å². The van der Waals surface area contributed by atoms with Gasteiger partial charge < -0.3 is 14.6 Å². The average molecular weight is 528 g/mol. The number of piperidine rings is 2. The topological polar surface area (TPSA) is 74.6 Å². The van der Waals surface area contributed by atoms with Gasteiger partial charge >= 0.3 is 0 Å². The Balaban J connectivity index is 1.06. The number of likely N-dealkylation sites (tertiary alicyclic amines) is 1. The molecule has 0 radical (unpaired) electrons. The zero-order valence-corrected chi connectivity index (χ0v) is 23.7. The molecule has 4 aromatic rings. The van der Waals surface area contributed by atoms with Crippen LogP contribution in [0.15, 0.2) is 30.7 Å². The van der Waals surface area contributed by atoms with Crippen LogP contribution < -0.4 is 4.74 Å². The molecule has 0 aliphatic carbocycles. The molecule has 2 atom stereocenters. The van der Waals surface area contributed by atoms with Crippen LogP contribution in [0, 0.1) is 12.8 Å². The summed E-state index contributed by atoms with van der Waals surface area (Å²) in [5.41, 5.74) is 6.46. The highest BCUT2D eigenvalue weighted by Crippen LogP contribution is 2.40. The molecule has 0 amide bonds. The number of benzene rings is 1. The maximum absolute atomic E-state index is 5.56. The van der Waals surface area contributed by atoms with E-state index in [2.05, 4.69) is 57.8 Å². The summed E-state index contributed by atoms with van der Waals surface area (Å²) in [5, 5.41) is 4.30. The molecule has 2 unspecified atom stereocenters. The van der Waals surface area contributed by atoms with Gasteiger partial charge in [-0.05, 0) is 93.6 Å². The van der Waals surface area contributed by atoms with Crippen molar-refractivity contribution in [3.8, 4) is 17.1 Å². The monoisotopic (exact) mass is 527 g/mol. The van der Waals surface area contributed by atoms with Crippen molar-refractivity contribution >= 4 is 16.7 Å². The molecule has 3 aliphatic rings. The molecule has 1 N–H and O–H groups in total. The molecule has 3 aromatic heterocycles. The van der Waals surface area contributed by atoms with Crippen molar-refractivity contribution in [2.24, 2.45) is 5.92 Å². The van der Waals surface area contributed by atoms with E-state index < -0.39 is 0 Å². The van der Waals surface area contributed by atoms with E-state index >= 15 is 0 Å². The molecule has 6 heterocycles. The highest BCUT2D eigenvalue weighted by atomic mass is 16.5. The molecule has 206 valence electrons. The lowest BCUT2D eigenvalue weighted by Crippen LogP contribution is -2.52. The second-order valence-corrected chi connectivity index (χ2v) is 12.6. The van der Waals surface area contributed by atoms with Crippen molar-refractivity contribution < 1.29 is 4.74 Å². The van der Waals surface area contributed by atoms with E-state index in [1.165, 1.54) is 69.3 Å². The second-order valence-electron chi connectivity index (χ2n) is 12.6. The number of imidazole rings is 1. The summed E-state index contributed by atoms with van der Waals surface area (Å²) in [4.78, 5) is 18.5. The lowest BCUT2D eigenvalue weighted by molar-refractivity contribution is 0.0403. The van der Waals surface area contributed by atoms with Gasteiger partial charge in [0.1, 0.15) is 12.2 Å². The first-order chi connectivity index (χ1) is 19.0. The number of hydrogen-bond acceptors (Lipinski definition) is 6. The summed E-state index contributed by atoms with van der Waals surface area (Å²) in [6.07, 6.45) is 11.6. The number of H-pyrrole nitrogens is 1. The van der Waals surface area contributed by atoms with Crippen LogP contribution >= 0.6 is 0 Å². The van der Waals surface area contributed by atoms with E-state index in [9.17, 15) is 0 Å². The van der Waals surface area contributed by atoms with Crippen LogP contribution in [-0.4, -0.2) is 79.2 Å². The molecule has 39 heavy (non-hydrogen) atoms. The van der Waals surface area contributed by atoms with Gasteiger partial charge in [-0.1, -0.05) is 19.9 Å². The van der Waals surface area contributed by atoms with Crippen LogP contribution in [0.5, 0.6) is 5.75 Å². The van der Waals surface area contributed by atoms with Crippen molar-refractivity contribution in [3.63, 3.8) is 0 Å². The molecule has 3 aliphatic heterocycles. The Labute approximate surface area is 230 Å². The Morgan fingerprint density at radius 3 is 2.51 bits per heavy atom. The van der Waals surface area contributed by atoms with Gasteiger partial charge in [-0.3, -0.25) is 4.90 Å². The fourth-order valence-electron chi connectivity index (χ4n) is 7.73. The fourth-order valence-corrected chi connectivity index (χ4v) is 7.73. The lowest BCUT2D eigenvalue weighted by Gasteiger charge is -2.46. The average Bonchev–Trinajstić information content (AvgIpc) is 3.64. The van der Waals surface area contributed by atoms with Gasteiger partial charge in [0.25, 0.3) is 0 Å². The first-order valence-corrected chi connectivity index (χ1v) is 14.8. The Kier molecular flexibility index (Phi) is 6.35. The number of nitrogens with one attached hydrogen (secondary N) is 1. The first-order valence-electron chi connectivity index (χ1n) is 14.8. The number of hydrogen-bond donors (Lipinski definition) is 1. The molecule has 1 aromatic carbocycles. The largest absolute Gasteiger partial charge is 0.493 e. The first kappa shape index (κ1) is 25.0. The van der Waals surface area contributed by atoms with Gasteiger partial charge in [-0.15, -0.1) is 0 Å². The Morgan fingerprint density at radius 2 is 1.79 bits per heavy atom. The normalized spacial score (nSPS) is 24.9. The number of rotatable bonds is 6. The third kappa shape index (κ3) is 4.51. The van der Waals surface area contributed by atoms with Crippen LogP contribution in [0.25, 0.3) is 28.1 Å². The lowest BCUT2D eigenvalue weighted by atomic mass is 9.86. The molecule has 3 fully saturated rings. The van der Waals surface area contributed by atoms with E-state index in [0.29, 0.717) is 17.3 Å². The molecule has 8 nitrogen and oxygen atoms in total. The summed E-state index contributed by atoms with van der Waals surface area (Å²) in [6.45, 7) is 10.7. The molecule has 7 rings (SSSR count). The van der Waals surface area contributed by atoms with Gasteiger partial charge in [-0.2, -0.15) is 5.10 Å². The van der Waals surface area contributed by atoms with Crippen molar-refractivity contribution in [2.45, 2.75) is 83.3 Å². The number of aromatic nitrogens is 5. The molecular formula is C31H41N7O. The number of pyridine rings is 1. The molecule has 8 heteroatoms. The van der Waals surface area contributed by atoms with Crippen LogP contribution in [0.1, 0.15) is 69.4 Å². The summed E-state index contributed by atoms with van der Waals surface area (Å²) >= 11 is 0. The fraction of sp³-hybridized carbons (Fsp3) is 0.581. The minimum Gasteiger partial charge on any atom is -0.493 e. The highest BCUT2D eigenvalue weighted by Gasteiger charge is 2.42. The smallest absolute Gasteiger partial charge is 0.197 e. The zero-order valence-electron chi connectivity index (χ0n) is 23.7. The minimum atomic E-state index is 0.612. The van der Waals surface area contributed by atoms with Crippen LogP contribution in [0.2, 0.25) is 0 Å². The SMILES string of the molecule is COc1cc(-c2nc3c(C)cc(C4CCN(C5CC6CCC(C5)N6CC(C)C)CC4)cc3[nH]2)cn2ncnc12. The van der Waals surface area contributed by atoms with Crippen molar-refractivity contribution in [2.75, 3.05) is 26.7 Å². The summed E-state index contributed by atoms with van der Waals surface area (Å²) in [5.74, 6) is 2.90. The predicted molar refractivity (Wildman–Crippen MR) is 154 cm³/mol. The number of methoxy groups -OCH3 is 1. The second kappa shape index (κ2) is 9.89. The van der Waals surface area contributed by atoms with E-state index in [1.54, 1.807) is 18.0 Å². The van der Waals surface area contributed by atoms with Crippen molar-refractivity contribution in [1.29, 1.82) is 0 Å². The van der Waals surface area contributed by atoms with Gasteiger partial charge in [0.2, 0.25) is 0 Å². The number of fused-ring (bicyclic) bond motifs is 4. The highest BCUT2D eigenvalue weighted by molar-refractivity contribution is 5.83. The number of aromatic amines is 1. The molecular weight excluding hydrogens is 486 g/mol. The maximum atomic E-state index is 5.56. The molecule has 2 bridgehead atoms. The molecule has 3 saturated heterocycles. The van der Waals surface area contributed by atoms with Gasteiger partial charge in [0.15, 0.2) is 11.4 Å². The van der Waals surface area contributed by atoms with E-state index in [-0.39, 0.29) is 0 Å². The predicted octanol–water partition coefficient (Wildman–Crippen LogP) is 5.42. The maximum Gasteiger partial charge on any atom is 0.197 e. The van der Waals surface area contributed by atoms with Crippen LogP contribution in [-0.2, 0) is 0 Å². The summed E-state index contributed by atoms with van der Waals surface area (Å²) < 4.78 is 7.30. The quantitative estimate of drug-likeness (QED) is 0.361. The summed E-state index contributed by atoms with van der Waals surface area (Å²) in [6, 6.07) is 9.12. The van der Waals surface area contributed by atoms with E-state index in [4.69, 9.17) is 9.72 Å². The van der Waals surface area contributed by atoms with Gasteiger partial charge in [0.05, 0.1) is 18.1 Å². The van der Waals surface area contributed by atoms with E-state index in [1.807, 2.05) is 12.3 Å². The summed E-state index contributed by atoms with van der Waals surface area (Å²) in [7, 11) is 1.66. The Morgan fingerprint density at radius 1 is 1.03 bits per heavy atom. The number of nitrogens with zero attached hydrogens (tertiary/aromatic N) is 6. The number of ether oxygens (including phenoxy) is 1. The number of aryl methyl sites for hydroxylation is 1. The standard InChI is InChI=1S/C31H41N7O/c1-19(2)16-37-24-5-6-25(37)15-26(14-24)36-9-7-21(8-10-36)22-11-20(3)29-27(12-22)34-30(35-29)23-13-28(39-4)31-32-18-33-38(31)17-23/h11-13,17-19,21,24-26H,5-10,14-16H2,1-4H3,(H,34,35). The van der Waals surface area contributed by atoms with Crippen molar-refractivity contribution in [3.05, 3.63) is 41.9 Å². The molecule has 0 spiro atoms. The Hall–Kier alpha value is -2.97. The third-order valence-corrected chi connectivity index (χ3v) is 9.59. The van der Waals surface area contributed by atoms with Gasteiger partial charge in [-0.25, -0.2) is 14.5 Å². The zero-order chi connectivity index (χ0) is 26.7. The van der Waals surface area contributed by atoms with Crippen LogP contribution in [0.3, 0.4) is 0 Å². The Bertz CT molecular complexity index is 1470. The van der Waals surface area contributed by atoms with Gasteiger partial charge in [0, 0.05) is 36.4 Å².